The minimum atomic E-state index is 0.562. The number of rotatable bonds is 4. The lowest BCUT2D eigenvalue weighted by Gasteiger charge is -2.19. The highest BCUT2D eigenvalue weighted by Gasteiger charge is 2.12. The van der Waals surface area contributed by atoms with Crippen LogP contribution < -0.4 is 20.1 Å². The third-order valence-corrected chi connectivity index (χ3v) is 4.39. The van der Waals surface area contributed by atoms with Crippen LogP contribution in [0.2, 0.25) is 0 Å². The molecule has 3 aromatic rings. The van der Waals surface area contributed by atoms with Crippen molar-refractivity contribution in [2.45, 2.75) is 20.8 Å². The second kappa shape index (κ2) is 7.15. The third-order valence-electron chi connectivity index (χ3n) is 4.39. The first-order valence-electron chi connectivity index (χ1n) is 8.94. The molecule has 0 unspecified atom stereocenters. The first-order valence-corrected chi connectivity index (χ1v) is 8.94. The van der Waals surface area contributed by atoms with Gasteiger partial charge in [-0.25, -0.2) is 4.98 Å². The van der Waals surface area contributed by atoms with Gasteiger partial charge in [0.25, 0.3) is 0 Å². The van der Waals surface area contributed by atoms with Gasteiger partial charge in [-0.15, -0.1) is 0 Å². The Balaban J connectivity index is 1.59. The number of hydrogen-bond donors (Lipinski definition) is 2. The van der Waals surface area contributed by atoms with Crippen molar-refractivity contribution in [1.29, 1.82) is 0 Å². The highest BCUT2D eigenvalue weighted by Crippen LogP contribution is 2.33. The van der Waals surface area contributed by atoms with E-state index in [1.54, 1.807) is 0 Å². The minimum Gasteiger partial charge on any atom is -0.486 e. The predicted molar refractivity (Wildman–Crippen MR) is 107 cm³/mol. The standard InChI is InChI=1S/C21H22N4O2/c1-13-5-4-6-14(2)20(13)25-21-22-15(3)11-19(24-21)23-16-7-8-17-18(12-16)27-10-9-26-17/h4-8,11-12H,9-10H2,1-3H3,(H2,22,23,24,25). The highest BCUT2D eigenvalue weighted by molar-refractivity contribution is 5.66. The number of fused-ring (bicyclic) bond motifs is 1. The Bertz CT molecular complexity index is 968. The summed E-state index contributed by atoms with van der Waals surface area (Å²) >= 11 is 0. The lowest BCUT2D eigenvalue weighted by atomic mass is 10.1. The van der Waals surface area contributed by atoms with Gasteiger partial charge in [0.15, 0.2) is 11.5 Å². The summed E-state index contributed by atoms with van der Waals surface area (Å²) in [6.45, 7) is 7.23. The molecular formula is C21H22N4O2. The van der Waals surface area contributed by atoms with Crippen LogP contribution in [0.4, 0.5) is 23.1 Å². The molecule has 1 aliphatic heterocycles. The smallest absolute Gasteiger partial charge is 0.229 e. The number of para-hydroxylation sites is 1. The van der Waals surface area contributed by atoms with E-state index in [4.69, 9.17) is 9.47 Å². The van der Waals surface area contributed by atoms with Crippen molar-refractivity contribution in [1.82, 2.24) is 9.97 Å². The monoisotopic (exact) mass is 362 g/mol. The van der Waals surface area contributed by atoms with Crippen LogP contribution in [-0.4, -0.2) is 23.2 Å². The maximum Gasteiger partial charge on any atom is 0.229 e. The summed E-state index contributed by atoms with van der Waals surface area (Å²) in [5.41, 5.74) is 5.10. The first kappa shape index (κ1) is 17.1. The summed E-state index contributed by atoms with van der Waals surface area (Å²) in [4.78, 5) is 9.13. The van der Waals surface area contributed by atoms with Gasteiger partial charge in [0.05, 0.1) is 0 Å². The number of ether oxygens (including phenoxy) is 2. The Morgan fingerprint density at radius 1 is 0.815 bits per heavy atom. The zero-order valence-electron chi connectivity index (χ0n) is 15.7. The van der Waals surface area contributed by atoms with Crippen LogP contribution in [0.3, 0.4) is 0 Å². The molecule has 2 N–H and O–H groups in total. The fourth-order valence-electron chi connectivity index (χ4n) is 3.08. The van der Waals surface area contributed by atoms with Crippen LogP contribution in [0.1, 0.15) is 16.8 Å². The number of benzene rings is 2. The van der Waals surface area contributed by atoms with Gasteiger partial charge in [-0.05, 0) is 44.0 Å². The van der Waals surface area contributed by atoms with Gasteiger partial charge in [0, 0.05) is 29.2 Å². The van der Waals surface area contributed by atoms with E-state index in [0.717, 1.165) is 39.7 Å². The van der Waals surface area contributed by atoms with E-state index in [0.29, 0.717) is 25.0 Å². The molecule has 27 heavy (non-hydrogen) atoms. The van der Waals surface area contributed by atoms with Crippen LogP contribution in [-0.2, 0) is 0 Å². The highest BCUT2D eigenvalue weighted by atomic mass is 16.6. The van der Waals surface area contributed by atoms with Crippen molar-refractivity contribution in [2.24, 2.45) is 0 Å². The summed E-state index contributed by atoms with van der Waals surface area (Å²) in [7, 11) is 0. The number of aromatic nitrogens is 2. The zero-order valence-corrected chi connectivity index (χ0v) is 15.7. The molecule has 0 radical (unpaired) electrons. The zero-order chi connectivity index (χ0) is 18.8. The van der Waals surface area contributed by atoms with Crippen molar-refractivity contribution in [2.75, 3.05) is 23.8 Å². The van der Waals surface area contributed by atoms with Gasteiger partial charge in [0.1, 0.15) is 19.0 Å². The molecule has 0 saturated carbocycles. The molecule has 0 saturated heterocycles. The fraction of sp³-hybridized carbons (Fsp3) is 0.238. The normalized spacial score (nSPS) is 12.6. The molecule has 0 atom stereocenters. The van der Waals surface area contributed by atoms with Crippen molar-refractivity contribution in [3.63, 3.8) is 0 Å². The molecule has 0 fully saturated rings. The summed E-state index contributed by atoms with van der Waals surface area (Å²) < 4.78 is 11.2. The second-order valence-electron chi connectivity index (χ2n) is 6.59. The maximum atomic E-state index is 5.64. The van der Waals surface area contributed by atoms with E-state index in [-0.39, 0.29) is 0 Å². The molecular weight excluding hydrogens is 340 g/mol. The molecule has 4 rings (SSSR count). The average molecular weight is 362 g/mol. The van der Waals surface area contributed by atoms with E-state index >= 15 is 0 Å². The summed E-state index contributed by atoms with van der Waals surface area (Å²) in [6, 6.07) is 13.9. The Labute approximate surface area is 158 Å². The molecule has 0 aliphatic carbocycles. The Morgan fingerprint density at radius 3 is 2.33 bits per heavy atom. The van der Waals surface area contributed by atoms with Crippen molar-refractivity contribution in [3.8, 4) is 11.5 Å². The molecule has 1 aromatic heterocycles. The van der Waals surface area contributed by atoms with Gasteiger partial charge in [-0.1, -0.05) is 18.2 Å². The van der Waals surface area contributed by atoms with E-state index in [1.165, 1.54) is 0 Å². The van der Waals surface area contributed by atoms with Crippen LogP contribution >= 0.6 is 0 Å². The Kier molecular flexibility index (Phi) is 4.54. The summed E-state index contributed by atoms with van der Waals surface area (Å²) in [5, 5.41) is 6.67. The van der Waals surface area contributed by atoms with Crippen LogP contribution in [0.5, 0.6) is 11.5 Å². The quantitative estimate of drug-likeness (QED) is 0.703. The molecule has 2 aromatic carbocycles. The number of anilines is 4. The van der Waals surface area contributed by atoms with E-state index < -0.39 is 0 Å². The van der Waals surface area contributed by atoms with E-state index in [1.807, 2.05) is 37.3 Å². The fourth-order valence-corrected chi connectivity index (χ4v) is 3.08. The third kappa shape index (κ3) is 3.79. The molecule has 6 nitrogen and oxygen atoms in total. The Hall–Kier alpha value is -3.28. The number of nitrogens with one attached hydrogen (secondary N) is 2. The SMILES string of the molecule is Cc1cc(Nc2ccc3c(c2)OCCO3)nc(Nc2c(C)cccc2C)n1. The average Bonchev–Trinajstić information content (AvgIpc) is 2.64. The topological polar surface area (TPSA) is 68.3 Å². The van der Waals surface area contributed by atoms with Crippen molar-refractivity contribution < 1.29 is 9.47 Å². The van der Waals surface area contributed by atoms with Gasteiger partial charge in [-0.3, -0.25) is 0 Å². The lowest BCUT2D eigenvalue weighted by Crippen LogP contribution is -2.15. The molecule has 0 bridgehead atoms. The number of hydrogen-bond acceptors (Lipinski definition) is 6. The molecule has 1 aliphatic rings. The predicted octanol–water partition coefficient (Wildman–Crippen LogP) is 4.66. The van der Waals surface area contributed by atoms with Gasteiger partial charge >= 0.3 is 0 Å². The van der Waals surface area contributed by atoms with Gasteiger partial charge in [0.2, 0.25) is 5.95 Å². The van der Waals surface area contributed by atoms with E-state index in [2.05, 4.69) is 46.6 Å². The van der Waals surface area contributed by atoms with Crippen molar-refractivity contribution >= 4 is 23.1 Å². The Morgan fingerprint density at radius 2 is 1.56 bits per heavy atom. The lowest BCUT2D eigenvalue weighted by molar-refractivity contribution is 0.171. The minimum absolute atomic E-state index is 0.562. The van der Waals surface area contributed by atoms with E-state index in [9.17, 15) is 0 Å². The van der Waals surface area contributed by atoms with Gasteiger partial charge < -0.3 is 20.1 Å². The van der Waals surface area contributed by atoms with Crippen LogP contribution in [0.25, 0.3) is 0 Å². The largest absolute Gasteiger partial charge is 0.486 e. The number of nitrogens with zero attached hydrogens (tertiary/aromatic N) is 2. The molecule has 0 spiro atoms. The molecule has 138 valence electrons. The van der Waals surface area contributed by atoms with Gasteiger partial charge in [-0.2, -0.15) is 4.98 Å². The van der Waals surface area contributed by atoms with Crippen LogP contribution in [0.15, 0.2) is 42.5 Å². The summed E-state index contributed by atoms with van der Waals surface area (Å²) in [6.07, 6.45) is 0. The van der Waals surface area contributed by atoms with Crippen molar-refractivity contribution in [3.05, 3.63) is 59.3 Å². The summed E-state index contributed by atoms with van der Waals surface area (Å²) in [5.74, 6) is 2.79. The maximum absolute atomic E-state index is 5.64. The first-order chi connectivity index (χ1) is 13.1. The number of aryl methyl sites for hydroxylation is 3. The molecule has 0 amide bonds. The molecule has 2 heterocycles. The second-order valence-corrected chi connectivity index (χ2v) is 6.59. The molecule has 6 heteroatoms. The van der Waals surface area contributed by atoms with Crippen LogP contribution in [0, 0.1) is 20.8 Å².